The van der Waals surface area contributed by atoms with Gasteiger partial charge in [0.05, 0.1) is 5.57 Å². The van der Waals surface area contributed by atoms with E-state index in [2.05, 4.69) is 0 Å². The van der Waals surface area contributed by atoms with Crippen molar-refractivity contribution in [1.29, 1.82) is 0 Å². The van der Waals surface area contributed by atoms with Crippen molar-refractivity contribution in [3.63, 3.8) is 0 Å². The van der Waals surface area contributed by atoms with Crippen LogP contribution in [-0.4, -0.2) is 43.0 Å². The predicted octanol–water partition coefficient (Wildman–Crippen LogP) is 3.86. The van der Waals surface area contributed by atoms with Gasteiger partial charge in [0, 0.05) is 32.0 Å². The highest BCUT2D eigenvalue weighted by molar-refractivity contribution is 6.36. The van der Waals surface area contributed by atoms with E-state index >= 15 is 0 Å². The average Bonchev–Trinajstić information content (AvgIpc) is 2.98. The van der Waals surface area contributed by atoms with E-state index in [4.69, 9.17) is 4.74 Å². The topological polar surface area (TPSA) is 49.9 Å². The van der Waals surface area contributed by atoms with E-state index in [1.165, 1.54) is 17.0 Å². The van der Waals surface area contributed by atoms with Crippen LogP contribution < -0.4 is 4.90 Å². The van der Waals surface area contributed by atoms with Crippen LogP contribution in [0, 0.1) is 5.82 Å². The quantitative estimate of drug-likeness (QED) is 0.477. The maximum Gasteiger partial charge on any atom is 0.278 e. The molecule has 2 aromatic rings. The monoisotopic (exact) mass is 396 g/mol. The number of carbonyl (C=O) groups is 2. The molecular weight excluding hydrogens is 371 g/mol. The number of imide groups is 1. The Bertz CT molecular complexity index is 894. The largest absolute Gasteiger partial charge is 0.382 e. The first kappa shape index (κ1) is 20.7. The lowest BCUT2D eigenvalue weighted by Gasteiger charge is -2.25. The number of anilines is 1. The molecule has 3 rings (SSSR count). The van der Waals surface area contributed by atoms with E-state index < -0.39 is 5.82 Å². The minimum Gasteiger partial charge on any atom is -0.382 e. The summed E-state index contributed by atoms with van der Waals surface area (Å²) in [4.78, 5) is 29.6. The van der Waals surface area contributed by atoms with Crippen molar-refractivity contribution >= 4 is 23.1 Å². The average molecular weight is 396 g/mol. The zero-order valence-corrected chi connectivity index (χ0v) is 16.7. The second-order valence-electron chi connectivity index (χ2n) is 6.62. The van der Waals surface area contributed by atoms with E-state index in [9.17, 15) is 14.0 Å². The number of hydrogen-bond donors (Lipinski definition) is 0. The van der Waals surface area contributed by atoms with Crippen LogP contribution in [0.5, 0.6) is 0 Å². The number of halogens is 1. The van der Waals surface area contributed by atoms with Crippen LogP contribution in [0.25, 0.3) is 5.57 Å². The number of likely N-dealkylation sites (N-methyl/N-ethyl adjacent to an activating group) is 1. The normalized spacial score (nSPS) is 14.1. The number of carbonyl (C=O) groups excluding carboxylic acids is 2. The van der Waals surface area contributed by atoms with Gasteiger partial charge in [-0.2, -0.15) is 0 Å². The Kier molecular flexibility index (Phi) is 6.77. The Hall–Kier alpha value is -2.99. The van der Waals surface area contributed by atoms with Gasteiger partial charge in [0.1, 0.15) is 11.5 Å². The maximum absolute atomic E-state index is 13.4. The molecule has 6 heteroatoms. The van der Waals surface area contributed by atoms with Gasteiger partial charge in [-0.15, -0.1) is 0 Å². The summed E-state index contributed by atoms with van der Waals surface area (Å²) < 4.78 is 18.8. The summed E-state index contributed by atoms with van der Waals surface area (Å²) in [5, 5.41) is 0. The van der Waals surface area contributed by atoms with Crippen LogP contribution in [-0.2, 0) is 14.3 Å². The molecule has 0 bridgehead atoms. The molecule has 1 aliphatic rings. The van der Waals surface area contributed by atoms with Gasteiger partial charge in [-0.1, -0.05) is 30.3 Å². The van der Waals surface area contributed by atoms with Gasteiger partial charge in [-0.3, -0.25) is 14.5 Å². The fourth-order valence-corrected chi connectivity index (χ4v) is 3.44. The highest BCUT2D eigenvalue weighted by atomic mass is 19.1. The first-order chi connectivity index (χ1) is 14.1. The summed E-state index contributed by atoms with van der Waals surface area (Å²) in [6, 6.07) is 15.1. The molecule has 0 N–H and O–H groups in total. The Balaban J connectivity index is 2.03. The molecular formula is C23H25FN2O3. The highest BCUT2D eigenvalue weighted by Crippen LogP contribution is 2.34. The van der Waals surface area contributed by atoms with Crippen molar-refractivity contribution in [2.75, 3.05) is 31.2 Å². The van der Waals surface area contributed by atoms with Crippen molar-refractivity contribution in [3.05, 3.63) is 71.7 Å². The number of para-hydroxylation sites is 1. The van der Waals surface area contributed by atoms with Crippen molar-refractivity contribution in [1.82, 2.24) is 4.90 Å². The lowest BCUT2D eigenvalue weighted by atomic mass is 10.0. The summed E-state index contributed by atoms with van der Waals surface area (Å²) in [5.74, 6) is -1.09. The van der Waals surface area contributed by atoms with Crippen LogP contribution in [0.2, 0.25) is 0 Å². The molecule has 2 aromatic carbocycles. The Morgan fingerprint density at radius 2 is 1.66 bits per heavy atom. The molecule has 0 unspecified atom stereocenters. The van der Waals surface area contributed by atoms with E-state index in [1.54, 1.807) is 12.1 Å². The van der Waals surface area contributed by atoms with E-state index in [0.29, 0.717) is 43.0 Å². The number of benzene rings is 2. The van der Waals surface area contributed by atoms with Crippen molar-refractivity contribution in [2.24, 2.45) is 0 Å². The number of hydrogen-bond acceptors (Lipinski definition) is 4. The number of ether oxygens (including phenoxy) is 1. The summed E-state index contributed by atoms with van der Waals surface area (Å²) in [7, 11) is 0. The van der Waals surface area contributed by atoms with Gasteiger partial charge in [-0.05, 0) is 50.1 Å². The third-order valence-corrected chi connectivity index (χ3v) is 4.80. The molecule has 1 aliphatic heterocycles. The summed E-state index contributed by atoms with van der Waals surface area (Å²) in [5.41, 5.74) is 1.98. The smallest absolute Gasteiger partial charge is 0.278 e. The second-order valence-corrected chi connectivity index (χ2v) is 6.62. The van der Waals surface area contributed by atoms with Crippen molar-refractivity contribution < 1.29 is 18.7 Å². The molecule has 0 spiro atoms. The first-order valence-corrected chi connectivity index (χ1v) is 9.85. The summed E-state index contributed by atoms with van der Waals surface area (Å²) in [6.45, 7) is 5.68. The van der Waals surface area contributed by atoms with Crippen molar-refractivity contribution in [3.8, 4) is 0 Å². The fraction of sp³-hybridized carbons (Fsp3) is 0.304. The van der Waals surface area contributed by atoms with E-state index in [1.807, 2.05) is 49.1 Å². The van der Waals surface area contributed by atoms with Crippen molar-refractivity contribution in [2.45, 2.75) is 20.3 Å². The predicted molar refractivity (Wildman–Crippen MR) is 111 cm³/mol. The molecule has 0 saturated carbocycles. The molecule has 0 aliphatic carbocycles. The van der Waals surface area contributed by atoms with E-state index in [-0.39, 0.29) is 18.4 Å². The van der Waals surface area contributed by atoms with Gasteiger partial charge in [0.15, 0.2) is 0 Å². The van der Waals surface area contributed by atoms with Gasteiger partial charge in [0.25, 0.3) is 11.8 Å². The standard InChI is InChI=1S/C23H25FN2O3/c1-3-25(19-9-6-5-7-10-19)21-20(17-11-13-18(24)14-12-17)22(27)26(23(21)28)15-8-16-29-4-2/h5-7,9-14H,3-4,8,15-16H2,1-2H3. The molecule has 29 heavy (non-hydrogen) atoms. The Labute approximate surface area is 170 Å². The van der Waals surface area contributed by atoms with Gasteiger partial charge in [-0.25, -0.2) is 4.39 Å². The SMILES string of the molecule is CCOCCCN1C(=O)C(c2ccc(F)cc2)=C(N(CC)c2ccccc2)C1=O. The van der Waals surface area contributed by atoms with Gasteiger partial charge in [0.2, 0.25) is 0 Å². The lowest BCUT2D eigenvalue weighted by molar-refractivity contribution is -0.137. The lowest BCUT2D eigenvalue weighted by Crippen LogP contribution is -2.36. The minimum absolute atomic E-state index is 0.276. The molecule has 152 valence electrons. The number of nitrogens with zero attached hydrogens (tertiary/aromatic N) is 2. The van der Waals surface area contributed by atoms with Crippen LogP contribution in [0.4, 0.5) is 10.1 Å². The number of amides is 2. The zero-order chi connectivity index (χ0) is 20.8. The van der Waals surface area contributed by atoms with Gasteiger partial charge >= 0.3 is 0 Å². The van der Waals surface area contributed by atoms with Crippen LogP contribution >= 0.6 is 0 Å². The van der Waals surface area contributed by atoms with Crippen LogP contribution in [0.3, 0.4) is 0 Å². The third kappa shape index (κ3) is 4.38. The maximum atomic E-state index is 13.4. The zero-order valence-electron chi connectivity index (χ0n) is 16.7. The molecule has 1 heterocycles. The summed E-state index contributed by atoms with van der Waals surface area (Å²) >= 11 is 0. The van der Waals surface area contributed by atoms with E-state index in [0.717, 1.165) is 5.69 Å². The van der Waals surface area contributed by atoms with Crippen LogP contribution in [0.15, 0.2) is 60.3 Å². The second kappa shape index (κ2) is 9.47. The molecule has 0 atom stereocenters. The molecule has 0 aromatic heterocycles. The van der Waals surface area contributed by atoms with Gasteiger partial charge < -0.3 is 9.64 Å². The van der Waals surface area contributed by atoms with Crippen LogP contribution in [0.1, 0.15) is 25.8 Å². The minimum atomic E-state index is -0.392. The Morgan fingerprint density at radius 3 is 2.28 bits per heavy atom. The summed E-state index contributed by atoms with van der Waals surface area (Å²) in [6.07, 6.45) is 0.562. The number of rotatable bonds is 9. The molecule has 0 fully saturated rings. The molecule has 0 radical (unpaired) electrons. The fourth-order valence-electron chi connectivity index (χ4n) is 3.44. The molecule has 5 nitrogen and oxygen atoms in total. The third-order valence-electron chi connectivity index (χ3n) is 4.80. The first-order valence-electron chi connectivity index (χ1n) is 9.85. The highest BCUT2D eigenvalue weighted by Gasteiger charge is 2.41. The Morgan fingerprint density at radius 1 is 0.966 bits per heavy atom. The molecule has 2 amide bonds. The molecule has 0 saturated heterocycles.